The molecule has 0 aromatic carbocycles. The third-order valence-electron chi connectivity index (χ3n) is 2.26. The van der Waals surface area contributed by atoms with Crippen LogP contribution >= 0.6 is 0 Å². The number of Topliss-reactive ketones (excluding diaryl/α,β-unsaturated/α-hetero) is 1. The highest BCUT2D eigenvalue weighted by molar-refractivity contribution is 5.95. The maximum absolute atomic E-state index is 11.8. The normalized spacial score (nSPS) is 12.7. The summed E-state index contributed by atoms with van der Waals surface area (Å²) in [7, 11) is 1.65. The quantitative estimate of drug-likeness (QED) is 0.672. The molecule has 4 heteroatoms. The summed E-state index contributed by atoms with van der Waals surface area (Å²) in [5.74, 6) is 0.395. The summed E-state index contributed by atoms with van der Waals surface area (Å²) >= 11 is 0. The smallest absolute Gasteiger partial charge is 0.166 e. The van der Waals surface area contributed by atoms with Gasteiger partial charge in [-0.3, -0.25) is 9.48 Å². The van der Waals surface area contributed by atoms with Crippen LogP contribution in [0.1, 0.15) is 30.6 Å². The van der Waals surface area contributed by atoms with Crippen molar-refractivity contribution in [1.29, 1.82) is 0 Å². The van der Waals surface area contributed by atoms with E-state index in [0.29, 0.717) is 18.6 Å². The fourth-order valence-electron chi connectivity index (χ4n) is 1.46. The lowest BCUT2D eigenvalue weighted by Crippen LogP contribution is -2.10. The maximum atomic E-state index is 11.8. The van der Waals surface area contributed by atoms with Gasteiger partial charge in [0.05, 0.1) is 11.8 Å². The van der Waals surface area contributed by atoms with E-state index in [1.807, 2.05) is 13.8 Å². The predicted molar refractivity (Wildman–Crippen MR) is 57.9 cm³/mol. The molecule has 1 aromatic rings. The minimum absolute atomic E-state index is 0.138. The number of hydrogen-bond acceptors (Lipinski definition) is 3. The number of rotatable bonds is 6. The van der Waals surface area contributed by atoms with E-state index >= 15 is 0 Å². The van der Waals surface area contributed by atoms with E-state index in [0.717, 1.165) is 6.54 Å². The van der Waals surface area contributed by atoms with Crippen LogP contribution in [0.15, 0.2) is 12.4 Å². The zero-order chi connectivity index (χ0) is 11.3. The SMILES string of the molecule is CCn1cc(C(=O)CC(C)COC)cn1. The summed E-state index contributed by atoms with van der Waals surface area (Å²) in [5.41, 5.74) is 0.694. The lowest BCUT2D eigenvalue weighted by molar-refractivity contribution is 0.0920. The lowest BCUT2D eigenvalue weighted by Gasteiger charge is -2.07. The molecule has 0 aliphatic heterocycles. The molecule has 0 saturated carbocycles. The molecule has 1 aromatic heterocycles. The Morgan fingerprint density at radius 2 is 2.40 bits per heavy atom. The summed E-state index contributed by atoms with van der Waals surface area (Å²) in [6.07, 6.45) is 3.94. The molecule has 0 saturated heterocycles. The first-order valence-corrected chi connectivity index (χ1v) is 5.22. The molecule has 84 valence electrons. The van der Waals surface area contributed by atoms with Crippen LogP contribution in [-0.4, -0.2) is 29.3 Å². The van der Waals surface area contributed by atoms with E-state index in [1.54, 1.807) is 24.2 Å². The van der Waals surface area contributed by atoms with E-state index in [2.05, 4.69) is 5.10 Å². The Morgan fingerprint density at radius 3 is 2.93 bits per heavy atom. The standard InChI is InChI=1S/C11H18N2O2/c1-4-13-7-10(6-12-13)11(14)5-9(2)8-15-3/h6-7,9H,4-5,8H2,1-3H3. The molecular weight excluding hydrogens is 192 g/mol. The van der Waals surface area contributed by atoms with Crippen LogP contribution in [0.2, 0.25) is 0 Å². The summed E-state index contributed by atoms with van der Waals surface area (Å²) in [6.45, 7) is 5.41. The molecule has 0 N–H and O–H groups in total. The van der Waals surface area contributed by atoms with Gasteiger partial charge in [0.2, 0.25) is 0 Å². The van der Waals surface area contributed by atoms with Crippen LogP contribution in [-0.2, 0) is 11.3 Å². The van der Waals surface area contributed by atoms with Gasteiger partial charge in [0.1, 0.15) is 0 Å². The van der Waals surface area contributed by atoms with Gasteiger partial charge in [-0.15, -0.1) is 0 Å². The van der Waals surface area contributed by atoms with Crippen LogP contribution in [0, 0.1) is 5.92 Å². The average Bonchev–Trinajstić information content (AvgIpc) is 2.66. The summed E-state index contributed by atoms with van der Waals surface area (Å²) < 4.78 is 6.75. The molecule has 1 unspecified atom stereocenters. The van der Waals surface area contributed by atoms with Crippen LogP contribution in [0.4, 0.5) is 0 Å². The highest BCUT2D eigenvalue weighted by atomic mass is 16.5. The van der Waals surface area contributed by atoms with Crippen molar-refractivity contribution in [2.24, 2.45) is 5.92 Å². The van der Waals surface area contributed by atoms with Gasteiger partial charge < -0.3 is 4.74 Å². The van der Waals surface area contributed by atoms with E-state index in [1.165, 1.54) is 0 Å². The van der Waals surface area contributed by atoms with Crippen molar-refractivity contribution in [2.75, 3.05) is 13.7 Å². The number of ketones is 1. The number of hydrogen-bond donors (Lipinski definition) is 0. The second-order valence-electron chi connectivity index (χ2n) is 3.77. The number of methoxy groups -OCH3 is 1. The van der Waals surface area contributed by atoms with Gasteiger partial charge in [0.15, 0.2) is 5.78 Å². The Hall–Kier alpha value is -1.16. The highest BCUT2D eigenvalue weighted by Crippen LogP contribution is 2.09. The van der Waals surface area contributed by atoms with Crippen molar-refractivity contribution in [3.63, 3.8) is 0 Å². The lowest BCUT2D eigenvalue weighted by atomic mass is 10.0. The van der Waals surface area contributed by atoms with Crippen LogP contribution in [0.5, 0.6) is 0 Å². The number of aryl methyl sites for hydroxylation is 1. The predicted octanol–water partition coefficient (Wildman–Crippen LogP) is 1.76. The zero-order valence-electron chi connectivity index (χ0n) is 9.56. The van der Waals surface area contributed by atoms with Gasteiger partial charge in [-0.05, 0) is 12.8 Å². The summed E-state index contributed by atoms with van der Waals surface area (Å²) in [5, 5.41) is 4.07. The summed E-state index contributed by atoms with van der Waals surface area (Å²) in [6, 6.07) is 0. The van der Waals surface area contributed by atoms with Crippen LogP contribution in [0.3, 0.4) is 0 Å². The van der Waals surface area contributed by atoms with E-state index < -0.39 is 0 Å². The molecule has 0 bridgehead atoms. The number of nitrogens with zero attached hydrogens (tertiary/aromatic N) is 2. The number of carbonyl (C=O) groups excluding carboxylic acids is 1. The van der Waals surface area contributed by atoms with Crippen molar-refractivity contribution < 1.29 is 9.53 Å². The molecule has 1 heterocycles. The van der Waals surface area contributed by atoms with E-state index in [-0.39, 0.29) is 11.7 Å². The first-order valence-electron chi connectivity index (χ1n) is 5.22. The first kappa shape index (κ1) is 11.9. The average molecular weight is 210 g/mol. The Kier molecular flexibility index (Phi) is 4.49. The van der Waals surface area contributed by atoms with Crippen molar-refractivity contribution in [2.45, 2.75) is 26.8 Å². The van der Waals surface area contributed by atoms with Crippen molar-refractivity contribution in [1.82, 2.24) is 9.78 Å². The third-order valence-corrected chi connectivity index (χ3v) is 2.26. The Bertz CT molecular complexity index is 320. The fourth-order valence-corrected chi connectivity index (χ4v) is 1.46. The molecule has 4 nitrogen and oxygen atoms in total. The molecule has 0 fully saturated rings. The number of aromatic nitrogens is 2. The Balaban J connectivity index is 2.53. The first-order chi connectivity index (χ1) is 7.17. The summed E-state index contributed by atoms with van der Waals surface area (Å²) in [4.78, 5) is 11.8. The maximum Gasteiger partial charge on any atom is 0.166 e. The number of ether oxygens (including phenoxy) is 1. The minimum Gasteiger partial charge on any atom is -0.384 e. The van der Waals surface area contributed by atoms with Crippen LogP contribution in [0.25, 0.3) is 0 Å². The van der Waals surface area contributed by atoms with Gasteiger partial charge in [0.25, 0.3) is 0 Å². The fraction of sp³-hybridized carbons (Fsp3) is 0.636. The minimum atomic E-state index is 0.138. The van der Waals surface area contributed by atoms with Gasteiger partial charge >= 0.3 is 0 Å². The second-order valence-corrected chi connectivity index (χ2v) is 3.77. The molecule has 15 heavy (non-hydrogen) atoms. The van der Waals surface area contributed by atoms with E-state index in [9.17, 15) is 4.79 Å². The molecular formula is C11H18N2O2. The molecule has 1 atom stereocenters. The Morgan fingerprint density at radius 1 is 1.67 bits per heavy atom. The van der Waals surface area contributed by atoms with Crippen molar-refractivity contribution in [3.8, 4) is 0 Å². The highest BCUT2D eigenvalue weighted by Gasteiger charge is 2.12. The third kappa shape index (κ3) is 3.47. The number of carbonyl (C=O) groups is 1. The monoisotopic (exact) mass is 210 g/mol. The van der Waals surface area contributed by atoms with E-state index in [4.69, 9.17) is 4.74 Å². The molecule has 1 rings (SSSR count). The van der Waals surface area contributed by atoms with Gasteiger partial charge in [-0.1, -0.05) is 6.92 Å². The molecule has 0 amide bonds. The van der Waals surface area contributed by atoms with Crippen LogP contribution < -0.4 is 0 Å². The zero-order valence-corrected chi connectivity index (χ0v) is 9.56. The molecule has 0 aliphatic rings. The largest absolute Gasteiger partial charge is 0.384 e. The second kappa shape index (κ2) is 5.66. The van der Waals surface area contributed by atoms with Crippen molar-refractivity contribution >= 4 is 5.78 Å². The van der Waals surface area contributed by atoms with Gasteiger partial charge in [-0.25, -0.2) is 0 Å². The molecule has 0 aliphatic carbocycles. The van der Waals surface area contributed by atoms with Gasteiger partial charge in [-0.2, -0.15) is 5.10 Å². The Labute approximate surface area is 90.2 Å². The molecule has 0 spiro atoms. The van der Waals surface area contributed by atoms with Crippen molar-refractivity contribution in [3.05, 3.63) is 18.0 Å². The topological polar surface area (TPSA) is 44.1 Å². The molecule has 0 radical (unpaired) electrons. The van der Waals surface area contributed by atoms with Gasteiger partial charge in [0, 0.05) is 32.9 Å².